The molecule has 0 spiro atoms. The van der Waals surface area contributed by atoms with E-state index >= 15 is 0 Å². The second kappa shape index (κ2) is 6.56. The first kappa shape index (κ1) is 16.0. The van der Waals surface area contributed by atoms with Gasteiger partial charge in [-0.25, -0.2) is 0 Å². The van der Waals surface area contributed by atoms with E-state index in [4.69, 9.17) is 19.7 Å². The average molecular weight is 302 g/mol. The summed E-state index contributed by atoms with van der Waals surface area (Å²) >= 11 is 0. The molecular weight excluding hydrogens is 284 g/mol. The van der Waals surface area contributed by atoms with Gasteiger partial charge in [0.15, 0.2) is 11.5 Å². The van der Waals surface area contributed by atoms with Crippen LogP contribution in [-0.4, -0.2) is 68.0 Å². The van der Waals surface area contributed by atoms with Crippen molar-refractivity contribution in [1.29, 1.82) is 0 Å². The molecule has 0 aromatic heterocycles. The van der Waals surface area contributed by atoms with E-state index in [-0.39, 0.29) is 18.1 Å². The lowest BCUT2D eigenvalue weighted by Crippen LogP contribution is -2.60. The summed E-state index contributed by atoms with van der Waals surface area (Å²) in [6, 6.07) is 4.14. The molecule has 8 nitrogen and oxygen atoms in total. The van der Waals surface area contributed by atoms with Gasteiger partial charge < -0.3 is 40.1 Å². The molecule has 0 saturated carbocycles. The first-order chi connectivity index (χ1) is 9.97. The first-order valence-electron chi connectivity index (χ1n) is 6.38. The van der Waals surface area contributed by atoms with Crippen LogP contribution in [0.3, 0.4) is 0 Å². The SMILES string of the molecule is OCc1ccc(O[C@@H]2O[C@H](CO)[C@H](O)[C@@H](O)[C@H]2O)c(O)c1. The molecule has 1 aliphatic rings. The normalized spacial score (nSPS) is 32.9. The van der Waals surface area contributed by atoms with E-state index in [0.29, 0.717) is 5.56 Å². The first-order valence-corrected chi connectivity index (χ1v) is 6.38. The molecule has 0 bridgehead atoms. The van der Waals surface area contributed by atoms with Crippen molar-refractivity contribution < 1.29 is 40.1 Å². The number of hydrogen-bond acceptors (Lipinski definition) is 8. The van der Waals surface area contributed by atoms with E-state index in [2.05, 4.69) is 0 Å². The fourth-order valence-corrected chi connectivity index (χ4v) is 2.05. The summed E-state index contributed by atoms with van der Waals surface area (Å²) in [7, 11) is 0. The van der Waals surface area contributed by atoms with Gasteiger partial charge in [-0.3, -0.25) is 0 Å². The summed E-state index contributed by atoms with van der Waals surface area (Å²) < 4.78 is 10.4. The molecule has 1 saturated heterocycles. The Morgan fingerprint density at radius 1 is 1.05 bits per heavy atom. The third kappa shape index (κ3) is 3.26. The Balaban J connectivity index is 2.14. The Labute approximate surface area is 120 Å². The molecule has 2 rings (SSSR count). The average Bonchev–Trinajstić information content (AvgIpc) is 2.49. The van der Waals surface area contributed by atoms with Gasteiger partial charge in [0.2, 0.25) is 6.29 Å². The lowest BCUT2D eigenvalue weighted by Gasteiger charge is -2.39. The van der Waals surface area contributed by atoms with Crippen LogP contribution in [0.5, 0.6) is 11.5 Å². The lowest BCUT2D eigenvalue weighted by molar-refractivity contribution is -0.277. The lowest BCUT2D eigenvalue weighted by atomic mass is 9.99. The van der Waals surface area contributed by atoms with Gasteiger partial charge in [0.05, 0.1) is 13.2 Å². The maximum atomic E-state index is 9.81. The van der Waals surface area contributed by atoms with Gasteiger partial charge in [-0.2, -0.15) is 0 Å². The second-order valence-electron chi connectivity index (χ2n) is 4.78. The molecule has 1 fully saturated rings. The number of aliphatic hydroxyl groups is 5. The van der Waals surface area contributed by atoms with Gasteiger partial charge in [-0.05, 0) is 17.7 Å². The molecule has 5 atom stereocenters. The summed E-state index contributed by atoms with van der Waals surface area (Å²) in [6.45, 7) is -0.825. The van der Waals surface area contributed by atoms with Gasteiger partial charge >= 0.3 is 0 Å². The third-order valence-corrected chi connectivity index (χ3v) is 3.30. The molecule has 1 heterocycles. The van der Waals surface area contributed by atoms with Gasteiger partial charge in [-0.1, -0.05) is 6.07 Å². The van der Waals surface area contributed by atoms with Crippen molar-refractivity contribution >= 4 is 0 Å². The highest BCUT2D eigenvalue weighted by atomic mass is 16.7. The van der Waals surface area contributed by atoms with Crippen LogP contribution in [0.15, 0.2) is 18.2 Å². The summed E-state index contributed by atoms with van der Waals surface area (Å²) in [5.41, 5.74) is 0.466. The number of benzene rings is 1. The molecule has 0 aliphatic carbocycles. The Kier molecular flexibility index (Phi) is 4.99. The number of rotatable bonds is 4. The Morgan fingerprint density at radius 3 is 2.33 bits per heavy atom. The standard InChI is InChI=1S/C13H18O8/c14-4-6-1-2-8(7(16)3-6)20-13-12(19)11(18)10(17)9(5-15)21-13/h1-3,9-19H,4-5H2/t9-,10+,11-,12-,13-/m1/s1. The Hall–Kier alpha value is -1.42. The molecule has 1 aliphatic heterocycles. The van der Waals surface area contributed by atoms with Crippen LogP contribution in [0.4, 0.5) is 0 Å². The molecule has 0 radical (unpaired) electrons. The summed E-state index contributed by atoms with van der Waals surface area (Å²) in [5.74, 6) is -0.310. The van der Waals surface area contributed by atoms with E-state index in [1.54, 1.807) is 0 Å². The van der Waals surface area contributed by atoms with Crippen molar-refractivity contribution in [3.63, 3.8) is 0 Å². The largest absolute Gasteiger partial charge is 0.504 e. The molecule has 118 valence electrons. The molecule has 8 heteroatoms. The highest BCUT2D eigenvalue weighted by Gasteiger charge is 2.44. The monoisotopic (exact) mass is 302 g/mol. The number of aromatic hydroxyl groups is 1. The molecule has 0 unspecified atom stereocenters. The fourth-order valence-electron chi connectivity index (χ4n) is 2.05. The van der Waals surface area contributed by atoms with Crippen LogP contribution in [0.2, 0.25) is 0 Å². The predicted molar refractivity (Wildman–Crippen MR) is 68.4 cm³/mol. The minimum Gasteiger partial charge on any atom is -0.504 e. The maximum absolute atomic E-state index is 9.81. The van der Waals surface area contributed by atoms with Crippen molar-refractivity contribution in [3.8, 4) is 11.5 Å². The van der Waals surface area contributed by atoms with Crippen molar-refractivity contribution in [2.24, 2.45) is 0 Å². The second-order valence-corrected chi connectivity index (χ2v) is 4.78. The highest BCUT2D eigenvalue weighted by Crippen LogP contribution is 2.31. The van der Waals surface area contributed by atoms with Crippen LogP contribution < -0.4 is 4.74 Å². The topological polar surface area (TPSA) is 140 Å². The summed E-state index contributed by atoms with van der Waals surface area (Å²) in [5, 5.41) is 56.8. The van der Waals surface area contributed by atoms with E-state index in [1.165, 1.54) is 18.2 Å². The van der Waals surface area contributed by atoms with Gasteiger partial charge in [0, 0.05) is 0 Å². The molecule has 1 aromatic rings. The van der Waals surface area contributed by atoms with Gasteiger partial charge in [0.25, 0.3) is 0 Å². The Morgan fingerprint density at radius 2 is 1.76 bits per heavy atom. The van der Waals surface area contributed by atoms with E-state index in [9.17, 15) is 20.4 Å². The number of ether oxygens (including phenoxy) is 2. The van der Waals surface area contributed by atoms with Crippen LogP contribution >= 0.6 is 0 Å². The Bertz CT molecular complexity index is 477. The minimum atomic E-state index is -1.56. The smallest absolute Gasteiger partial charge is 0.229 e. The van der Waals surface area contributed by atoms with E-state index in [1.807, 2.05) is 0 Å². The highest BCUT2D eigenvalue weighted by molar-refractivity contribution is 5.41. The quantitative estimate of drug-likeness (QED) is 0.378. The zero-order valence-corrected chi connectivity index (χ0v) is 11.0. The predicted octanol–water partition coefficient (Wildman–Crippen LogP) is -1.94. The van der Waals surface area contributed by atoms with Gasteiger partial charge in [-0.15, -0.1) is 0 Å². The van der Waals surface area contributed by atoms with Crippen LogP contribution in [0, 0.1) is 0 Å². The minimum absolute atomic E-state index is 0.0310. The van der Waals surface area contributed by atoms with E-state index in [0.717, 1.165) is 0 Å². The summed E-state index contributed by atoms with van der Waals surface area (Å²) in [6.07, 6.45) is -7.05. The van der Waals surface area contributed by atoms with Crippen molar-refractivity contribution in [1.82, 2.24) is 0 Å². The fraction of sp³-hybridized carbons (Fsp3) is 0.538. The van der Waals surface area contributed by atoms with Crippen molar-refractivity contribution in [3.05, 3.63) is 23.8 Å². The number of hydrogen-bond donors (Lipinski definition) is 6. The van der Waals surface area contributed by atoms with Crippen molar-refractivity contribution in [2.45, 2.75) is 37.3 Å². The molecular formula is C13H18O8. The zero-order valence-electron chi connectivity index (χ0n) is 11.0. The molecule has 1 aromatic carbocycles. The van der Waals surface area contributed by atoms with E-state index < -0.39 is 37.3 Å². The number of phenols is 1. The third-order valence-electron chi connectivity index (χ3n) is 3.30. The molecule has 0 amide bonds. The van der Waals surface area contributed by atoms with Crippen LogP contribution in [-0.2, 0) is 11.3 Å². The number of aliphatic hydroxyl groups excluding tert-OH is 5. The van der Waals surface area contributed by atoms with Gasteiger partial charge in [0.1, 0.15) is 24.4 Å². The van der Waals surface area contributed by atoms with Crippen molar-refractivity contribution in [2.75, 3.05) is 6.61 Å². The molecule has 6 N–H and O–H groups in total. The van der Waals surface area contributed by atoms with Crippen LogP contribution in [0.1, 0.15) is 5.56 Å². The zero-order chi connectivity index (χ0) is 15.6. The van der Waals surface area contributed by atoms with Crippen LogP contribution in [0.25, 0.3) is 0 Å². The summed E-state index contributed by atoms with van der Waals surface area (Å²) in [4.78, 5) is 0. The number of phenolic OH excluding ortho intramolecular Hbond substituents is 1. The maximum Gasteiger partial charge on any atom is 0.229 e. The molecule has 21 heavy (non-hydrogen) atoms.